The molecule has 0 fully saturated rings. The quantitative estimate of drug-likeness (QED) is 0.856. The first-order valence-electron chi connectivity index (χ1n) is 7.11. The summed E-state index contributed by atoms with van der Waals surface area (Å²) in [5.41, 5.74) is 2.29. The molecule has 0 unspecified atom stereocenters. The average Bonchev–Trinajstić information content (AvgIpc) is 2.54. The minimum atomic E-state index is -0.183. The predicted molar refractivity (Wildman–Crippen MR) is 79.7 cm³/mol. The van der Waals surface area contributed by atoms with Gasteiger partial charge in [-0.05, 0) is 25.3 Å². The Bertz CT molecular complexity index is 609. The average molecular weight is 286 g/mol. The van der Waals surface area contributed by atoms with Gasteiger partial charge in [0.25, 0.3) is 0 Å². The highest BCUT2D eigenvalue weighted by atomic mass is 16.5. The Morgan fingerprint density at radius 2 is 2.29 bits per heavy atom. The fraction of sp³-hybridized carbons (Fsp3) is 0.400. The summed E-state index contributed by atoms with van der Waals surface area (Å²) < 4.78 is 4.69. The van der Waals surface area contributed by atoms with E-state index in [1.54, 1.807) is 12.4 Å². The third-order valence-corrected chi connectivity index (χ3v) is 3.63. The molecule has 3 rings (SSSR count). The van der Waals surface area contributed by atoms with Crippen LogP contribution in [0.15, 0.2) is 35.9 Å². The molecule has 0 atom stereocenters. The zero-order valence-corrected chi connectivity index (χ0v) is 12.0. The van der Waals surface area contributed by atoms with E-state index in [1.165, 1.54) is 12.8 Å². The molecule has 0 aromatic carbocycles. The van der Waals surface area contributed by atoms with E-state index in [2.05, 4.69) is 32.3 Å². The first-order chi connectivity index (χ1) is 10.3. The van der Waals surface area contributed by atoms with Crippen molar-refractivity contribution in [2.75, 3.05) is 23.9 Å². The van der Waals surface area contributed by atoms with Crippen LogP contribution in [-0.2, 0) is 9.53 Å². The van der Waals surface area contributed by atoms with Crippen molar-refractivity contribution in [3.8, 4) is 0 Å². The van der Waals surface area contributed by atoms with Crippen LogP contribution in [0.1, 0.15) is 25.7 Å². The number of ether oxygens (including phenoxy) is 1. The molecular weight excluding hydrogens is 268 g/mol. The molecule has 1 N–H and O–H groups in total. The molecule has 1 aliphatic heterocycles. The molecule has 21 heavy (non-hydrogen) atoms. The lowest BCUT2D eigenvalue weighted by Crippen LogP contribution is -2.32. The van der Waals surface area contributed by atoms with E-state index in [0.29, 0.717) is 19.4 Å². The third kappa shape index (κ3) is 2.74. The second kappa shape index (κ2) is 5.95. The molecule has 6 heteroatoms. The predicted octanol–water partition coefficient (Wildman–Crippen LogP) is 2.22. The fourth-order valence-electron chi connectivity index (χ4n) is 2.61. The van der Waals surface area contributed by atoms with Gasteiger partial charge in [-0.25, -0.2) is 9.97 Å². The molecule has 1 aromatic rings. The van der Waals surface area contributed by atoms with Gasteiger partial charge < -0.3 is 15.0 Å². The number of carbonyl (C=O) groups is 1. The molecular formula is C15H18N4O2. The molecule has 6 nitrogen and oxygen atoms in total. The smallest absolute Gasteiger partial charge is 0.305 e. The number of anilines is 2. The molecule has 0 amide bonds. The van der Waals surface area contributed by atoms with Gasteiger partial charge in [-0.3, -0.25) is 4.79 Å². The minimum Gasteiger partial charge on any atom is -0.469 e. The SMILES string of the molecule is COC(=O)CCCN1C2=C(CCC=C2)Nc2nccnc21. The number of allylic oxidation sites excluding steroid dienone is 3. The van der Waals surface area contributed by atoms with Gasteiger partial charge in [0.15, 0.2) is 11.6 Å². The second-order valence-corrected chi connectivity index (χ2v) is 4.99. The molecule has 0 bridgehead atoms. The van der Waals surface area contributed by atoms with Gasteiger partial charge in [0.05, 0.1) is 12.8 Å². The summed E-state index contributed by atoms with van der Waals surface area (Å²) in [7, 11) is 1.42. The van der Waals surface area contributed by atoms with Crippen molar-refractivity contribution >= 4 is 17.6 Å². The third-order valence-electron chi connectivity index (χ3n) is 3.63. The zero-order chi connectivity index (χ0) is 14.7. The van der Waals surface area contributed by atoms with E-state index >= 15 is 0 Å². The molecule has 2 aliphatic rings. The van der Waals surface area contributed by atoms with Gasteiger partial charge in [-0.15, -0.1) is 0 Å². The maximum atomic E-state index is 11.3. The Morgan fingerprint density at radius 3 is 3.14 bits per heavy atom. The highest BCUT2D eigenvalue weighted by molar-refractivity contribution is 5.73. The largest absolute Gasteiger partial charge is 0.469 e. The molecule has 0 saturated carbocycles. The number of fused-ring (bicyclic) bond motifs is 1. The molecule has 2 heterocycles. The number of esters is 1. The van der Waals surface area contributed by atoms with Crippen molar-refractivity contribution in [3.05, 3.63) is 35.9 Å². The fourth-order valence-corrected chi connectivity index (χ4v) is 2.61. The number of nitrogens with one attached hydrogen (secondary N) is 1. The lowest BCUT2D eigenvalue weighted by atomic mass is 10.0. The molecule has 0 radical (unpaired) electrons. The minimum absolute atomic E-state index is 0.183. The summed E-state index contributed by atoms with van der Waals surface area (Å²) >= 11 is 0. The highest BCUT2D eigenvalue weighted by Crippen LogP contribution is 2.35. The summed E-state index contributed by atoms with van der Waals surface area (Å²) in [6.07, 6.45) is 10.8. The van der Waals surface area contributed by atoms with Crippen molar-refractivity contribution in [2.45, 2.75) is 25.7 Å². The Balaban J connectivity index is 1.82. The van der Waals surface area contributed by atoms with Gasteiger partial charge >= 0.3 is 5.97 Å². The summed E-state index contributed by atoms with van der Waals surface area (Å²) in [4.78, 5) is 22.2. The van der Waals surface area contributed by atoms with Gasteiger partial charge in [-0.2, -0.15) is 0 Å². The lowest BCUT2D eigenvalue weighted by Gasteiger charge is -2.34. The maximum Gasteiger partial charge on any atom is 0.305 e. The summed E-state index contributed by atoms with van der Waals surface area (Å²) in [6.45, 7) is 0.714. The summed E-state index contributed by atoms with van der Waals surface area (Å²) in [5, 5.41) is 3.36. The Morgan fingerprint density at radius 1 is 1.43 bits per heavy atom. The molecule has 0 saturated heterocycles. The number of aromatic nitrogens is 2. The van der Waals surface area contributed by atoms with Crippen LogP contribution in [0.5, 0.6) is 0 Å². The molecule has 1 aromatic heterocycles. The van der Waals surface area contributed by atoms with Crippen molar-refractivity contribution in [2.24, 2.45) is 0 Å². The van der Waals surface area contributed by atoms with E-state index in [1.807, 2.05) is 0 Å². The van der Waals surface area contributed by atoms with Crippen LogP contribution in [0.3, 0.4) is 0 Å². The van der Waals surface area contributed by atoms with Gasteiger partial charge in [0, 0.05) is 31.1 Å². The number of hydrogen-bond donors (Lipinski definition) is 1. The van der Waals surface area contributed by atoms with E-state index < -0.39 is 0 Å². The zero-order valence-electron chi connectivity index (χ0n) is 12.0. The Labute approximate surface area is 123 Å². The normalized spacial score (nSPS) is 16.1. The Hall–Kier alpha value is -2.37. The van der Waals surface area contributed by atoms with Gasteiger partial charge in [-0.1, -0.05) is 6.08 Å². The number of carbonyl (C=O) groups excluding carboxylic acids is 1. The van der Waals surface area contributed by atoms with Crippen LogP contribution in [0.25, 0.3) is 0 Å². The Kier molecular flexibility index (Phi) is 3.85. The van der Waals surface area contributed by atoms with E-state index in [9.17, 15) is 4.79 Å². The number of nitrogens with zero attached hydrogens (tertiary/aromatic N) is 3. The molecule has 1 aliphatic carbocycles. The van der Waals surface area contributed by atoms with Crippen molar-refractivity contribution < 1.29 is 9.53 Å². The van der Waals surface area contributed by atoms with Crippen LogP contribution in [-0.4, -0.2) is 29.6 Å². The van der Waals surface area contributed by atoms with Crippen molar-refractivity contribution in [1.29, 1.82) is 0 Å². The van der Waals surface area contributed by atoms with Crippen LogP contribution in [0.2, 0.25) is 0 Å². The lowest BCUT2D eigenvalue weighted by molar-refractivity contribution is -0.140. The van der Waals surface area contributed by atoms with Gasteiger partial charge in [0.2, 0.25) is 0 Å². The van der Waals surface area contributed by atoms with Crippen LogP contribution in [0, 0.1) is 0 Å². The first-order valence-corrected chi connectivity index (χ1v) is 7.11. The van der Waals surface area contributed by atoms with Crippen LogP contribution >= 0.6 is 0 Å². The molecule has 0 spiro atoms. The van der Waals surface area contributed by atoms with Gasteiger partial charge in [0.1, 0.15) is 0 Å². The van der Waals surface area contributed by atoms with Crippen molar-refractivity contribution in [1.82, 2.24) is 9.97 Å². The second-order valence-electron chi connectivity index (χ2n) is 4.99. The number of hydrogen-bond acceptors (Lipinski definition) is 6. The van der Waals surface area contributed by atoms with Crippen LogP contribution < -0.4 is 10.2 Å². The first kappa shape index (κ1) is 13.6. The van der Waals surface area contributed by atoms with Crippen LogP contribution in [0.4, 0.5) is 11.6 Å². The van der Waals surface area contributed by atoms with Crippen molar-refractivity contribution in [3.63, 3.8) is 0 Å². The number of rotatable bonds is 4. The van der Waals surface area contributed by atoms with E-state index in [4.69, 9.17) is 4.74 Å². The summed E-state index contributed by atoms with van der Waals surface area (Å²) in [5.74, 6) is 1.41. The number of methoxy groups -OCH3 is 1. The molecule has 110 valence electrons. The van der Waals surface area contributed by atoms with E-state index in [0.717, 1.165) is 30.2 Å². The monoisotopic (exact) mass is 286 g/mol. The summed E-state index contributed by atoms with van der Waals surface area (Å²) in [6, 6.07) is 0. The maximum absolute atomic E-state index is 11.3. The standard InChI is InChI=1S/C15H18N4O2/c1-21-13(20)7-4-10-19-12-6-3-2-5-11(12)18-14-15(19)17-9-8-16-14/h3,6,8-9H,2,4-5,7,10H2,1H3,(H,16,18). The van der Waals surface area contributed by atoms with E-state index in [-0.39, 0.29) is 5.97 Å². The highest BCUT2D eigenvalue weighted by Gasteiger charge is 2.26. The topological polar surface area (TPSA) is 67.3 Å².